The van der Waals surface area contributed by atoms with Gasteiger partial charge in [-0.2, -0.15) is 5.10 Å². The van der Waals surface area contributed by atoms with Crippen LogP contribution in [0, 0.1) is 0 Å². The number of nitrogens with zero attached hydrogens (tertiary/aromatic N) is 2. The van der Waals surface area contributed by atoms with E-state index in [2.05, 4.69) is 5.10 Å². The van der Waals surface area contributed by atoms with Gasteiger partial charge < -0.3 is 5.11 Å². The second kappa shape index (κ2) is 4.57. The Kier molecular flexibility index (Phi) is 3.14. The van der Waals surface area contributed by atoms with Gasteiger partial charge >= 0.3 is 5.97 Å². The quantitative estimate of drug-likeness (QED) is 0.880. The third-order valence-electron chi connectivity index (χ3n) is 2.30. The van der Waals surface area contributed by atoms with Crippen molar-refractivity contribution in [3.8, 4) is 0 Å². The van der Waals surface area contributed by atoms with Gasteiger partial charge in [-0.25, -0.2) is 0 Å². The number of aliphatic carboxylic acids is 1. The molecule has 5 heteroatoms. The van der Waals surface area contributed by atoms with E-state index in [1.54, 1.807) is 0 Å². The van der Waals surface area contributed by atoms with Crippen LogP contribution in [-0.2, 0) is 17.6 Å². The molecule has 1 heterocycles. The summed E-state index contributed by atoms with van der Waals surface area (Å²) in [6.45, 7) is 0. The minimum atomic E-state index is -0.787. The average molecular weight is 236 g/mol. The van der Waals surface area contributed by atoms with Crippen LogP contribution in [0.2, 0.25) is 0 Å². The van der Waals surface area contributed by atoms with Gasteiger partial charge in [-0.15, -0.1) is 11.8 Å². The molecular weight excluding hydrogens is 224 g/mol. The predicted octanol–water partition coefficient (Wildman–Crippen LogP) is 1.89. The van der Waals surface area contributed by atoms with Crippen LogP contribution in [0.25, 0.3) is 10.9 Å². The SMILES string of the molecule is Cn1nc(CSCC(=O)O)c2ccccc21. The lowest BCUT2D eigenvalue weighted by Gasteiger charge is -1.95. The summed E-state index contributed by atoms with van der Waals surface area (Å²) in [5, 5.41) is 14.1. The van der Waals surface area contributed by atoms with Gasteiger partial charge in [-0.3, -0.25) is 9.48 Å². The molecule has 0 amide bonds. The molecule has 0 spiro atoms. The molecule has 16 heavy (non-hydrogen) atoms. The average Bonchev–Trinajstić information content (AvgIpc) is 2.57. The highest BCUT2D eigenvalue weighted by molar-refractivity contribution is 7.99. The Hall–Kier alpha value is -1.49. The lowest BCUT2D eigenvalue weighted by atomic mass is 10.2. The molecule has 0 aliphatic rings. The van der Waals surface area contributed by atoms with Crippen molar-refractivity contribution in [2.45, 2.75) is 5.75 Å². The molecule has 0 aliphatic heterocycles. The molecular formula is C11H12N2O2S. The predicted molar refractivity (Wildman–Crippen MR) is 64.5 cm³/mol. The molecule has 2 aromatic rings. The van der Waals surface area contributed by atoms with Crippen molar-refractivity contribution >= 4 is 28.6 Å². The van der Waals surface area contributed by atoms with E-state index < -0.39 is 5.97 Å². The summed E-state index contributed by atoms with van der Waals surface area (Å²) in [6.07, 6.45) is 0. The lowest BCUT2D eigenvalue weighted by molar-refractivity contribution is -0.133. The van der Waals surface area contributed by atoms with E-state index in [1.165, 1.54) is 11.8 Å². The van der Waals surface area contributed by atoms with Gasteiger partial charge in [0, 0.05) is 18.2 Å². The Balaban J connectivity index is 2.21. The maximum absolute atomic E-state index is 10.4. The van der Waals surface area contributed by atoms with Crippen LogP contribution >= 0.6 is 11.8 Å². The molecule has 0 unspecified atom stereocenters. The molecule has 2 rings (SSSR count). The molecule has 0 saturated heterocycles. The molecule has 84 valence electrons. The number of fused-ring (bicyclic) bond motifs is 1. The molecule has 4 nitrogen and oxygen atoms in total. The zero-order valence-electron chi connectivity index (χ0n) is 8.88. The van der Waals surface area contributed by atoms with E-state index in [0.717, 1.165) is 16.6 Å². The third kappa shape index (κ3) is 2.19. The van der Waals surface area contributed by atoms with Crippen LogP contribution in [0.5, 0.6) is 0 Å². The van der Waals surface area contributed by atoms with Gasteiger partial charge in [0.15, 0.2) is 0 Å². The first-order valence-electron chi connectivity index (χ1n) is 4.88. The van der Waals surface area contributed by atoms with Crippen LogP contribution in [-0.4, -0.2) is 26.6 Å². The van der Waals surface area contributed by atoms with E-state index >= 15 is 0 Å². The fourth-order valence-electron chi connectivity index (χ4n) is 1.63. The number of benzene rings is 1. The topological polar surface area (TPSA) is 55.1 Å². The van der Waals surface area contributed by atoms with Crippen molar-refractivity contribution in [2.24, 2.45) is 7.05 Å². The van der Waals surface area contributed by atoms with Crippen molar-refractivity contribution in [2.75, 3.05) is 5.75 Å². The number of thioether (sulfide) groups is 1. The Morgan fingerprint density at radius 1 is 1.50 bits per heavy atom. The number of aryl methyl sites for hydroxylation is 1. The molecule has 0 atom stereocenters. The van der Waals surface area contributed by atoms with Crippen LogP contribution in [0.4, 0.5) is 0 Å². The maximum Gasteiger partial charge on any atom is 0.313 e. The summed E-state index contributed by atoms with van der Waals surface area (Å²) in [5.41, 5.74) is 2.03. The number of carbonyl (C=O) groups is 1. The second-order valence-electron chi connectivity index (χ2n) is 3.47. The van der Waals surface area contributed by atoms with Crippen molar-refractivity contribution in [3.63, 3.8) is 0 Å². The Morgan fingerprint density at radius 3 is 3.00 bits per heavy atom. The standard InChI is InChI=1S/C11H12N2O2S/c1-13-10-5-3-2-4-8(10)9(12-13)6-16-7-11(14)15/h2-5H,6-7H2,1H3,(H,14,15). The molecule has 0 bridgehead atoms. The van der Waals surface area contributed by atoms with Crippen LogP contribution < -0.4 is 0 Å². The van der Waals surface area contributed by atoms with Crippen LogP contribution in [0.15, 0.2) is 24.3 Å². The molecule has 1 aromatic heterocycles. The summed E-state index contributed by atoms with van der Waals surface area (Å²) >= 11 is 1.37. The number of para-hydroxylation sites is 1. The summed E-state index contributed by atoms with van der Waals surface area (Å²) in [5.74, 6) is -0.0383. The van der Waals surface area contributed by atoms with Crippen molar-refractivity contribution < 1.29 is 9.90 Å². The zero-order valence-corrected chi connectivity index (χ0v) is 9.70. The Bertz CT molecular complexity index is 522. The van der Waals surface area contributed by atoms with E-state index in [1.807, 2.05) is 36.0 Å². The smallest absolute Gasteiger partial charge is 0.313 e. The first-order chi connectivity index (χ1) is 7.68. The monoisotopic (exact) mass is 236 g/mol. The maximum atomic E-state index is 10.4. The summed E-state index contributed by atoms with van der Waals surface area (Å²) in [6, 6.07) is 7.96. The summed E-state index contributed by atoms with van der Waals surface area (Å²) < 4.78 is 1.83. The number of aromatic nitrogens is 2. The normalized spacial score (nSPS) is 10.8. The van der Waals surface area contributed by atoms with Crippen molar-refractivity contribution in [1.29, 1.82) is 0 Å². The van der Waals surface area contributed by atoms with E-state index in [0.29, 0.717) is 5.75 Å². The number of rotatable bonds is 4. The van der Waals surface area contributed by atoms with Gasteiger partial charge in [0.2, 0.25) is 0 Å². The molecule has 0 fully saturated rings. The highest BCUT2D eigenvalue weighted by Gasteiger charge is 2.08. The number of hydrogen-bond acceptors (Lipinski definition) is 3. The third-order valence-corrected chi connectivity index (χ3v) is 3.23. The highest BCUT2D eigenvalue weighted by atomic mass is 32.2. The summed E-state index contributed by atoms with van der Waals surface area (Å²) in [7, 11) is 1.90. The van der Waals surface area contributed by atoms with Gasteiger partial charge in [0.1, 0.15) is 0 Å². The molecule has 0 aliphatic carbocycles. The van der Waals surface area contributed by atoms with E-state index in [-0.39, 0.29) is 5.75 Å². The molecule has 0 saturated carbocycles. The van der Waals surface area contributed by atoms with E-state index in [9.17, 15) is 4.79 Å². The molecule has 1 aromatic carbocycles. The first-order valence-corrected chi connectivity index (χ1v) is 6.04. The fourth-order valence-corrected chi connectivity index (χ4v) is 2.31. The molecule has 0 radical (unpaired) electrons. The first kappa shape index (κ1) is 11.0. The van der Waals surface area contributed by atoms with Gasteiger partial charge in [-0.1, -0.05) is 18.2 Å². The Morgan fingerprint density at radius 2 is 2.25 bits per heavy atom. The van der Waals surface area contributed by atoms with Crippen molar-refractivity contribution in [3.05, 3.63) is 30.0 Å². The van der Waals surface area contributed by atoms with Gasteiger partial charge in [0.05, 0.1) is 17.0 Å². The van der Waals surface area contributed by atoms with Gasteiger partial charge in [-0.05, 0) is 6.07 Å². The number of carboxylic acid groups (broad SMARTS) is 1. The largest absolute Gasteiger partial charge is 0.481 e. The van der Waals surface area contributed by atoms with Crippen LogP contribution in [0.1, 0.15) is 5.69 Å². The minimum Gasteiger partial charge on any atom is -0.481 e. The lowest BCUT2D eigenvalue weighted by Crippen LogP contribution is -1.98. The van der Waals surface area contributed by atoms with Crippen LogP contribution in [0.3, 0.4) is 0 Å². The van der Waals surface area contributed by atoms with Gasteiger partial charge in [0.25, 0.3) is 0 Å². The number of carboxylic acids is 1. The minimum absolute atomic E-state index is 0.116. The zero-order chi connectivity index (χ0) is 11.5. The van der Waals surface area contributed by atoms with E-state index in [4.69, 9.17) is 5.11 Å². The second-order valence-corrected chi connectivity index (χ2v) is 4.46. The molecule has 1 N–H and O–H groups in total. The van der Waals surface area contributed by atoms with Crippen molar-refractivity contribution in [1.82, 2.24) is 9.78 Å². The number of hydrogen-bond donors (Lipinski definition) is 1. The summed E-state index contributed by atoms with van der Waals surface area (Å²) in [4.78, 5) is 10.4. The fraction of sp³-hybridized carbons (Fsp3) is 0.273. The Labute approximate surface area is 97.3 Å². The highest BCUT2D eigenvalue weighted by Crippen LogP contribution is 2.21.